The summed E-state index contributed by atoms with van der Waals surface area (Å²) in [5, 5.41) is 8.87. The molecule has 1 aromatic heterocycles. The van der Waals surface area contributed by atoms with Crippen LogP contribution in [-0.4, -0.2) is 15.9 Å². The maximum absolute atomic E-state index is 10.8. The molecule has 0 amide bonds. The molecular weight excluding hydrogens is 144 g/mol. The molecule has 0 aliphatic rings. The number of pyridine rings is 1. The standard InChI is InChI=1S/C7H8N2O2/c1-4(10)7-6(8)2-5(11)3-9-7/h2-3,11H,8H2,1H3. The number of rotatable bonds is 1. The summed E-state index contributed by atoms with van der Waals surface area (Å²) in [7, 11) is 0. The van der Waals surface area contributed by atoms with Crippen molar-refractivity contribution in [2.45, 2.75) is 6.92 Å². The minimum atomic E-state index is -0.206. The van der Waals surface area contributed by atoms with Crippen LogP contribution in [0.5, 0.6) is 5.75 Å². The molecule has 0 aliphatic heterocycles. The lowest BCUT2D eigenvalue weighted by molar-refractivity contribution is 0.101. The number of hydrogen-bond acceptors (Lipinski definition) is 4. The van der Waals surface area contributed by atoms with Crippen molar-refractivity contribution in [1.82, 2.24) is 4.98 Å². The first-order valence-electron chi connectivity index (χ1n) is 3.06. The molecule has 4 nitrogen and oxygen atoms in total. The maximum atomic E-state index is 10.8. The normalized spacial score (nSPS) is 9.55. The van der Waals surface area contributed by atoms with Crippen molar-refractivity contribution in [3.63, 3.8) is 0 Å². The average molecular weight is 152 g/mol. The van der Waals surface area contributed by atoms with Crippen molar-refractivity contribution >= 4 is 11.5 Å². The highest BCUT2D eigenvalue weighted by atomic mass is 16.3. The Hall–Kier alpha value is -1.58. The minimum absolute atomic E-state index is 0.0347. The smallest absolute Gasteiger partial charge is 0.180 e. The second-order valence-electron chi connectivity index (χ2n) is 2.19. The molecule has 11 heavy (non-hydrogen) atoms. The van der Waals surface area contributed by atoms with E-state index >= 15 is 0 Å². The van der Waals surface area contributed by atoms with Crippen molar-refractivity contribution < 1.29 is 9.90 Å². The van der Waals surface area contributed by atoms with Crippen molar-refractivity contribution in [2.75, 3.05) is 5.73 Å². The third-order valence-corrected chi connectivity index (χ3v) is 1.24. The van der Waals surface area contributed by atoms with E-state index in [0.29, 0.717) is 0 Å². The van der Waals surface area contributed by atoms with E-state index in [1.165, 1.54) is 19.2 Å². The second-order valence-corrected chi connectivity index (χ2v) is 2.19. The van der Waals surface area contributed by atoms with Crippen molar-refractivity contribution in [1.29, 1.82) is 0 Å². The zero-order valence-electron chi connectivity index (χ0n) is 6.03. The molecule has 0 unspecified atom stereocenters. The fraction of sp³-hybridized carbons (Fsp3) is 0.143. The molecule has 0 spiro atoms. The molecule has 0 saturated heterocycles. The van der Waals surface area contributed by atoms with Crippen molar-refractivity contribution in [3.05, 3.63) is 18.0 Å². The molecule has 0 radical (unpaired) electrons. The summed E-state index contributed by atoms with van der Waals surface area (Å²) in [6, 6.07) is 1.30. The SMILES string of the molecule is CC(=O)c1ncc(O)cc1N. The van der Waals surface area contributed by atoms with Crippen LogP contribution in [0.2, 0.25) is 0 Å². The molecule has 0 atom stereocenters. The van der Waals surface area contributed by atoms with E-state index in [9.17, 15) is 4.79 Å². The number of anilines is 1. The van der Waals surface area contributed by atoms with Crippen molar-refractivity contribution in [3.8, 4) is 5.75 Å². The van der Waals surface area contributed by atoms with E-state index in [-0.39, 0.29) is 22.9 Å². The van der Waals surface area contributed by atoms with Gasteiger partial charge >= 0.3 is 0 Å². The first-order valence-corrected chi connectivity index (χ1v) is 3.06. The summed E-state index contributed by atoms with van der Waals surface area (Å²) >= 11 is 0. The van der Waals surface area contributed by atoms with E-state index in [4.69, 9.17) is 10.8 Å². The van der Waals surface area contributed by atoms with Crippen LogP contribution in [0.15, 0.2) is 12.3 Å². The lowest BCUT2D eigenvalue weighted by Crippen LogP contribution is -2.01. The first kappa shape index (κ1) is 7.53. The largest absolute Gasteiger partial charge is 0.506 e. The van der Waals surface area contributed by atoms with Crippen LogP contribution in [0, 0.1) is 0 Å². The highest BCUT2D eigenvalue weighted by Crippen LogP contribution is 2.15. The minimum Gasteiger partial charge on any atom is -0.506 e. The molecule has 58 valence electrons. The number of Topliss-reactive ketones (excluding diaryl/α,β-unsaturated/α-hetero) is 1. The summed E-state index contributed by atoms with van der Waals surface area (Å²) < 4.78 is 0. The second kappa shape index (κ2) is 2.57. The van der Waals surface area contributed by atoms with Crippen LogP contribution in [0.1, 0.15) is 17.4 Å². The predicted octanol–water partition coefficient (Wildman–Crippen LogP) is 0.572. The lowest BCUT2D eigenvalue weighted by Gasteiger charge is -1.99. The Morgan fingerprint density at radius 2 is 2.36 bits per heavy atom. The molecule has 1 heterocycles. The van der Waals surface area contributed by atoms with Gasteiger partial charge in [0.05, 0.1) is 11.9 Å². The third kappa shape index (κ3) is 1.46. The number of aromatic nitrogens is 1. The number of nitrogens with two attached hydrogens (primary N) is 1. The van der Waals surface area contributed by atoms with Gasteiger partial charge in [-0.1, -0.05) is 0 Å². The number of aromatic hydroxyl groups is 1. The van der Waals surface area contributed by atoms with Gasteiger partial charge in [-0.15, -0.1) is 0 Å². The van der Waals surface area contributed by atoms with E-state index in [2.05, 4.69) is 4.98 Å². The molecule has 0 fully saturated rings. The van der Waals surface area contributed by atoms with Gasteiger partial charge in [0.15, 0.2) is 5.78 Å². The van der Waals surface area contributed by atoms with E-state index in [1.807, 2.05) is 0 Å². The van der Waals surface area contributed by atoms with Gasteiger partial charge in [0.1, 0.15) is 11.4 Å². The van der Waals surface area contributed by atoms with Gasteiger partial charge in [-0.25, -0.2) is 4.98 Å². The van der Waals surface area contributed by atoms with Gasteiger partial charge in [0, 0.05) is 13.0 Å². The Labute approximate surface area is 63.7 Å². The molecule has 0 aromatic carbocycles. The Bertz CT molecular complexity index is 296. The fourth-order valence-electron chi connectivity index (χ4n) is 0.764. The summed E-state index contributed by atoms with van der Waals surface area (Å²) in [6.07, 6.45) is 1.19. The quantitative estimate of drug-likeness (QED) is 0.577. The van der Waals surface area contributed by atoms with Crippen LogP contribution < -0.4 is 5.73 Å². The average Bonchev–Trinajstić information content (AvgIpc) is 1.85. The molecule has 4 heteroatoms. The first-order chi connectivity index (χ1) is 5.11. The zero-order chi connectivity index (χ0) is 8.43. The van der Waals surface area contributed by atoms with E-state index in [0.717, 1.165) is 0 Å². The molecule has 0 aliphatic carbocycles. The Morgan fingerprint density at radius 1 is 1.73 bits per heavy atom. The third-order valence-electron chi connectivity index (χ3n) is 1.24. The van der Waals surface area contributed by atoms with E-state index in [1.54, 1.807) is 0 Å². The van der Waals surface area contributed by atoms with Crippen LogP contribution in [0.4, 0.5) is 5.69 Å². The molecule has 1 aromatic rings. The number of nitrogen functional groups attached to an aromatic ring is 1. The van der Waals surface area contributed by atoms with Gasteiger partial charge in [-0.2, -0.15) is 0 Å². The van der Waals surface area contributed by atoms with E-state index < -0.39 is 0 Å². The molecule has 0 saturated carbocycles. The topological polar surface area (TPSA) is 76.2 Å². The summed E-state index contributed by atoms with van der Waals surface area (Å²) in [4.78, 5) is 14.4. The molecule has 1 rings (SSSR count). The lowest BCUT2D eigenvalue weighted by atomic mass is 10.2. The Morgan fingerprint density at radius 3 is 2.82 bits per heavy atom. The van der Waals surface area contributed by atoms with Gasteiger partial charge in [-0.3, -0.25) is 4.79 Å². The van der Waals surface area contributed by atoms with Gasteiger partial charge < -0.3 is 10.8 Å². The maximum Gasteiger partial charge on any atom is 0.180 e. The number of ketones is 1. The number of carbonyl (C=O) groups is 1. The molecule has 3 N–H and O–H groups in total. The number of nitrogens with zero attached hydrogens (tertiary/aromatic N) is 1. The summed E-state index contributed by atoms with van der Waals surface area (Å²) in [6.45, 7) is 1.37. The number of hydrogen-bond donors (Lipinski definition) is 2. The van der Waals surface area contributed by atoms with Crippen LogP contribution in [0.25, 0.3) is 0 Å². The van der Waals surface area contributed by atoms with Gasteiger partial charge in [0.2, 0.25) is 0 Å². The highest BCUT2D eigenvalue weighted by Gasteiger charge is 2.05. The predicted molar refractivity (Wildman–Crippen MR) is 40.3 cm³/mol. The Kier molecular flexibility index (Phi) is 1.76. The molecular formula is C7H8N2O2. The van der Waals surface area contributed by atoms with Crippen LogP contribution >= 0.6 is 0 Å². The zero-order valence-corrected chi connectivity index (χ0v) is 6.03. The summed E-state index contributed by atoms with van der Waals surface area (Å²) in [5.41, 5.74) is 5.78. The highest BCUT2D eigenvalue weighted by molar-refractivity contribution is 5.97. The van der Waals surface area contributed by atoms with Gasteiger partial charge in [0.25, 0.3) is 0 Å². The van der Waals surface area contributed by atoms with Crippen LogP contribution in [-0.2, 0) is 0 Å². The van der Waals surface area contributed by atoms with Gasteiger partial charge in [-0.05, 0) is 0 Å². The monoisotopic (exact) mass is 152 g/mol. The van der Waals surface area contributed by atoms with Crippen molar-refractivity contribution in [2.24, 2.45) is 0 Å². The number of carbonyl (C=O) groups excluding carboxylic acids is 1. The van der Waals surface area contributed by atoms with Crippen LogP contribution in [0.3, 0.4) is 0 Å². The summed E-state index contributed by atoms with van der Waals surface area (Å²) in [5.74, 6) is -0.241. The Balaban J connectivity index is 3.20. The molecule has 0 bridgehead atoms. The fourth-order valence-corrected chi connectivity index (χ4v) is 0.764.